The molecular formula is C7H9NaO8. The van der Waals surface area contributed by atoms with E-state index in [0.717, 1.165) is 0 Å². The Morgan fingerprint density at radius 2 is 1.69 bits per heavy atom. The second-order valence-electron chi connectivity index (χ2n) is 2.67. The summed E-state index contributed by atoms with van der Waals surface area (Å²) in [7, 11) is 0. The van der Waals surface area contributed by atoms with Crippen LogP contribution in [0, 0.1) is 0 Å². The number of carbonyl (C=O) groups is 4. The Morgan fingerprint density at radius 3 is 2.00 bits per heavy atom. The molecule has 0 amide bonds. The van der Waals surface area contributed by atoms with Crippen LogP contribution in [0.1, 0.15) is 12.8 Å². The van der Waals surface area contributed by atoms with Gasteiger partial charge in [0.2, 0.25) is 0 Å². The van der Waals surface area contributed by atoms with Crippen LogP contribution in [0.25, 0.3) is 0 Å². The van der Waals surface area contributed by atoms with E-state index < -0.39 is 36.4 Å². The number of hydrogen-bond donors (Lipinski definition) is 3. The molecule has 9 heteroatoms. The second-order valence-corrected chi connectivity index (χ2v) is 2.67. The summed E-state index contributed by atoms with van der Waals surface area (Å²) >= 11 is 0. The Kier molecular flexibility index (Phi) is 7.99. The van der Waals surface area contributed by atoms with Crippen LogP contribution in [-0.2, 0) is 23.9 Å². The fourth-order valence-electron chi connectivity index (χ4n) is 0.798. The van der Waals surface area contributed by atoms with Gasteiger partial charge in [-0.25, -0.2) is 4.79 Å². The summed E-state index contributed by atoms with van der Waals surface area (Å²) in [6.45, 7) is -0.245. The first-order valence-corrected chi connectivity index (χ1v) is 3.62. The monoisotopic (exact) mass is 244 g/mol. The van der Waals surface area contributed by atoms with Crippen molar-refractivity contribution in [2.45, 2.75) is 18.4 Å². The third kappa shape index (κ3) is 5.81. The molecule has 0 aromatic carbocycles. The van der Waals surface area contributed by atoms with Crippen molar-refractivity contribution in [1.82, 2.24) is 0 Å². The Labute approximate surface area is 111 Å². The van der Waals surface area contributed by atoms with Crippen LogP contribution in [-0.4, -0.2) is 74.9 Å². The quantitative estimate of drug-likeness (QED) is 0.205. The van der Waals surface area contributed by atoms with E-state index in [0.29, 0.717) is 0 Å². The van der Waals surface area contributed by atoms with Gasteiger partial charge < -0.3 is 20.1 Å². The van der Waals surface area contributed by atoms with Crippen molar-refractivity contribution in [3.8, 4) is 0 Å². The molecule has 1 unspecified atom stereocenters. The summed E-state index contributed by atoms with van der Waals surface area (Å²) in [5.41, 5.74) is -2.77. The van der Waals surface area contributed by atoms with Crippen LogP contribution >= 0.6 is 0 Å². The molecule has 0 aliphatic carbocycles. The number of ether oxygens (including phenoxy) is 1. The normalized spacial score (nSPS) is 12.8. The van der Waals surface area contributed by atoms with Crippen molar-refractivity contribution in [2.24, 2.45) is 0 Å². The molecule has 0 rings (SSSR count). The van der Waals surface area contributed by atoms with Gasteiger partial charge in [-0.1, -0.05) is 0 Å². The van der Waals surface area contributed by atoms with Gasteiger partial charge in [-0.15, -0.1) is 0 Å². The van der Waals surface area contributed by atoms with Crippen molar-refractivity contribution >= 4 is 53.9 Å². The molecule has 0 aromatic heterocycles. The van der Waals surface area contributed by atoms with E-state index in [-0.39, 0.29) is 36.0 Å². The predicted octanol–water partition coefficient (Wildman–Crippen LogP) is -2.28. The minimum absolute atomic E-state index is 0. The molecule has 0 saturated carbocycles. The minimum atomic E-state index is -2.77. The van der Waals surface area contributed by atoms with E-state index in [2.05, 4.69) is 4.74 Å². The van der Waals surface area contributed by atoms with Gasteiger partial charge in [0.25, 0.3) is 0 Å². The topological polar surface area (TPSA) is 138 Å². The third-order valence-electron chi connectivity index (χ3n) is 1.46. The van der Waals surface area contributed by atoms with Crippen LogP contribution in [0.3, 0.4) is 0 Å². The molecule has 86 valence electrons. The van der Waals surface area contributed by atoms with E-state index >= 15 is 0 Å². The average molecular weight is 244 g/mol. The Morgan fingerprint density at radius 1 is 1.19 bits per heavy atom. The first-order chi connectivity index (χ1) is 6.81. The first-order valence-electron chi connectivity index (χ1n) is 3.62. The van der Waals surface area contributed by atoms with Crippen LogP contribution in [0.2, 0.25) is 0 Å². The van der Waals surface area contributed by atoms with Crippen molar-refractivity contribution < 1.29 is 39.2 Å². The van der Waals surface area contributed by atoms with E-state index in [1.807, 2.05) is 0 Å². The predicted molar refractivity (Wildman–Crippen MR) is 48.8 cm³/mol. The standard InChI is InChI=1S/C7H8O8.Na.H/c8-3-15-5(11)2-7(14,6(12)13)1-4(9)10;;/h3,14H,1-2H2,(H,9,10)(H,12,13);;. The zero-order valence-electron chi connectivity index (χ0n) is 7.37. The van der Waals surface area contributed by atoms with Crippen LogP contribution in [0.15, 0.2) is 0 Å². The molecule has 0 saturated heterocycles. The number of rotatable bonds is 6. The van der Waals surface area contributed by atoms with Gasteiger partial charge in [-0.3, -0.25) is 14.4 Å². The van der Waals surface area contributed by atoms with Crippen LogP contribution in [0.5, 0.6) is 0 Å². The van der Waals surface area contributed by atoms with Crippen LogP contribution in [0.4, 0.5) is 0 Å². The molecule has 0 fully saturated rings. The van der Waals surface area contributed by atoms with E-state index in [4.69, 9.17) is 10.2 Å². The third-order valence-corrected chi connectivity index (χ3v) is 1.46. The first kappa shape index (κ1) is 17.4. The van der Waals surface area contributed by atoms with E-state index in [1.54, 1.807) is 0 Å². The molecule has 0 radical (unpaired) electrons. The Bertz CT molecular complexity index is 301. The molecule has 8 nitrogen and oxygen atoms in total. The summed E-state index contributed by atoms with van der Waals surface area (Å²) in [4.78, 5) is 41.1. The molecule has 0 aromatic rings. The summed E-state index contributed by atoms with van der Waals surface area (Å²) in [5.74, 6) is -4.80. The molecule has 0 aliphatic rings. The average Bonchev–Trinajstić information content (AvgIpc) is 2.01. The molecule has 1 atom stereocenters. The zero-order valence-corrected chi connectivity index (χ0v) is 7.37. The molecular weight excluding hydrogens is 235 g/mol. The van der Waals surface area contributed by atoms with Crippen LogP contribution < -0.4 is 0 Å². The van der Waals surface area contributed by atoms with Gasteiger partial charge in [0.05, 0.1) is 12.8 Å². The molecule has 0 spiro atoms. The number of carboxylic acid groups (broad SMARTS) is 2. The van der Waals surface area contributed by atoms with Gasteiger partial charge in [0, 0.05) is 0 Å². The molecule has 3 N–H and O–H groups in total. The van der Waals surface area contributed by atoms with Gasteiger partial charge in [0.1, 0.15) is 0 Å². The summed E-state index contributed by atoms with van der Waals surface area (Å²) in [5, 5.41) is 26.0. The van der Waals surface area contributed by atoms with Crippen molar-refractivity contribution in [1.29, 1.82) is 0 Å². The van der Waals surface area contributed by atoms with Gasteiger partial charge >= 0.3 is 53.9 Å². The Balaban J connectivity index is 0. The molecule has 0 bridgehead atoms. The fraction of sp³-hybridized carbons (Fsp3) is 0.429. The maximum atomic E-state index is 10.7. The number of hydrogen-bond acceptors (Lipinski definition) is 6. The molecule has 0 heterocycles. The maximum absolute atomic E-state index is 10.7. The summed E-state index contributed by atoms with van der Waals surface area (Å²) in [6.07, 6.45) is -2.29. The van der Waals surface area contributed by atoms with Gasteiger partial charge in [-0.2, -0.15) is 0 Å². The van der Waals surface area contributed by atoms with Crippen molar-refractivity contribution in [2.75, 3.05) is 0 Å². The zero-order chi connectivity index (χ0) is 12.1. The number of carboxylic acids is 2. The SMILES string of the molecule is O=COC(=O)CC(O)(CC(=O)O)C(=O)O.[NaH]. The van der Waals surface area contributed by atoms with Gasteiger partial charge in [-0.05, 0) is 0 Å². The van der Waals surface area contributed by atoms with Gasteiger partial charge in [0.15, 0.2) is 5.60 Å². The summed E-state index contributed by atoms with van der Waals surface area (Å²) < 4.78 is 3.73. The summed E-state index contributed by atoms with van der Waals surface area (Å²) in [6, 6.07) is 0. The number of aliphatic carboxylic acids is 2. The molecule has 16 heavy (non-hydrogen) atoms. The Hall–Kier alpha value is -0.960. The molecule has 0 aliphatic heterocycles. The number of esters is 1. The number of carbonyl (C=O) groups excluding carboxylic acids is 2. The number of aliphatic hydroxyl groups is 1. The van der Waals surface area contributed by atoms with E-state index in [9.17, 15) is 24.3 Å². The fourth-order valence-corrected chi connectivity index (χ4v) is 0.798. The van der Waals surface area contributed by atoms with Crippen molar-refractivity contribution in [3.05, 3.63) is 0 Å². The van der Waals surface area contributed by atoms with E-state index in [1.165, 1.54) is 0 Å². The van der Waals surface area contributed by atoms with Crippen molar-refractivity contribution in [3.63, 3.8) is 0 Å². The second kappa shape index (κ2) is 7.34.